The molecule has 0 aliphatic heterocycles. The quantitative estimate of drug-likeness (QED) is 0.431. The first-order chi connectivity index (χ1) is 15.3. The third-order valence-electron chi connectivity index (χ3n) is 4.45. The van der Waals surface area contributed by atoms with E-state index in [9.17, 15) is 35.9 Å². The number of halogens is 6. The number of nitrogens with zero attached hydrogens (tertiary/aromatic N) is 1. The van der Waals surface area contributed by atoms with Gasteiger partial charge in [-0.2, -0.15) is 26.3 Å². The standard InChI is InChI=1S/C21H19F6NO5/c1-31-16-4-12(5-17(9-16)32-2)10-28(11-18(29)33-3)19(30)13-6-14(20(22,23)24)8-15(7-13)21(25,26)27/h4-9H,10-11H2,1-3H3. The second kappa shape index (κ2) is 10.0. The number of hydrogen-bond acceptors (Lipinski definition) is 5. The van der Waals surface area contributed by atoms with Crippen LogP contribution in [0.4, 0.5) is 26.3 Å². The molecular formula is C21H19F6NO5. The molecule has 0 aliphatic carbocycles. The molecule has 0 saturated heterocycles. The maximum atomic E-state index is 13.2. The van der Waals surface area contributed by atoms with Gasteiger partial charge >= 0.3 is 18.3 Å². The molecule has 0 unspecified atom stereocenters. The Balaban J connectivity index is 2.55. The van der Waals surface area contributed by atoms with Gasteiger partial charge in [0.15, 0.2) is 0 Å². The van der Waals surface area contributed by atoms with E-state index in [0.717, 1.165) is 12.0 Å². The number of alkyl halides is 6. The van der Waals surface area contributed by atoms with Crippen molar-refractivity contribution >= 4 is 11.9 Å². The van der Waals surface area contributed by atoms with E-state index in [1.807, 2.05) is 0 Å². The Hall–Kier alpha value is -3.44. The molecule has 2 aromatic rings. The third kappa shape index (κ3) is 6.77. The lowest BCUT2D eigenvalue weighted by molar-refractivity contribution is -0.144. The largest absolute Gasteiger partial charge is 0.497 e. The number of carbonyl (C=O) groups excluding carboxylic acids is 2. The maximum Gasteiger partial charge on any atom is 0.416 e. The third-order valence-corrected chi connectivity index (χ3v) is 4.45. The number of amides is 1. The molecule has 6 nitrogen and oxygen atoms in total. The molecule has 0 aromatic heterocycles. The number of hydrogen-bond donors (Lipinski definition) is 0. The molecule has 0 N–H and O–H groups in total. The summed E-state index contributed by atoms with van der Waals surface area (Å²) in [5.74, 6) is -1.54. The van der Waals surface area contributed by atoms with Crippen molar-refractivity contribution in [3.8, 4) is 11.5 Å². The van der Waals surface area contributed by atoms with Crippen LogP contribution in [0.5, 0.6) is 11.5 Å². The van der Waals surface area contributed by atoms with Crippen LogP contribution in [0.1, 0.15) is 27.0 Å². The Morgan fingerprint density at radius 3 is 1.67 bits per heavy atom. The summed E-state index contributed by atoms with van der Waals surface area (Å²) < 4.78 is 93.8. The highest BCUT2D eigenvalue weighted by Gasteiger charge is 2.38. The van der Waals surface area contributed by atoms with Gasteiger partial charge in [-0.05, 0) is 35.9 Å². The Kier molecular flexibility index (Phi) is 7.83. The van der Waals surface area contributed by atoms with E-state index in [-0.39, 0.29) is 12.6 Å². The molecule has 2 rings (SSSR count). The molecule has 0 saturated carbocycles. The van der Waals surface area contributed by atoms with E-state index in [2.05, 4.69) is 4.74 Å². The molecule has 33 heavy (non-hydrogen) atoms. The molecule has 12 heteroatoms. The topological polar surface area (TPSA) is 65.1 Å². The van der Waals surface area contributed by atoms with Crippen LogP contribution in [-0.4, -0.2) is 44.7 Å². The second-order valence-corrected chi connectivity index (χ2v) is 6.75. The minimum absolute atomic E-state index is 0.0889. The van der Waals surface area contributed by atoms with Crippen molar-refractivity contribution < 1.29 is 50.1 Å². The molecule has 180 valence electrons. The average molecular weight is 479 g/mol. The van der Waals surface area contributed by atoms with Crippen molar-refractivity contribution in [3.63, 3.8) is 0 Å². The number of benzene rings is 2. The fourth-order valence-electron chi connectivity index (χ4n) is 2.86. The summed E-state index contributed by atoms with van der Waals surface area (Å²) in [6.07, 6.45) is -10.3. The van der Waals surface area contributed by atoms with Crippen molar-refractivity contribution in [2.45, 2.75) is 18.9 Å². The van der Waals surface area contributed by atoms with Gasteiger partial charge in [0.25, 0.3) is 5.91 Å². The zero-order valence-electron chi connectivity index (χ0n) is 17.6. The van der Waals surface area contributed by atoms with Crippen molar-refractivity contribution in [2.75, 3.05) is 27.9 Å². The Morgan fingerprint density at radius 1 is 0.788 bits per heavy atom. The van der Waals surface area contributed by atoms with Gasteiger partial charge in [-0.1, -0.05) is 0 Å². The SMILES string of the molecule is COC(=O)CN(Cc1cc(OC)cc(OC)c1)C(=O)c1cc(C(F)(F)F)cc(C(F)(F)F)c1. The van der Waals surface area contributed by atoms with Gasteiger partial charge in [0.2, 0.25) is 0 Å². The fourth-order valence-corrected chi connectivity index (χ4v) is 2.86. The van der Waals surface area contributed by atoms with Crippen molar-refractivity contribution in [3.05, 3.63) is 58.7 Å². The van der Waals surface area contributed by atoms with Gasteiger partial charge in [-0.25, -0.2) is 0 Å². The van der Waals surface area contributed by atoms with Crippen LogP contribution in [0, 0.1) is 0 Å². The van der Waals surface area contributed by atoms with E-state index < -0.39 is 47.5 Å². The highest BCUT2D eigenvalue weighted by molar-refractivity contribution is 5.96. The molecule has 2 aromatic carbocycles. The summed E-state index contributed by atoms with van der Waals surface area (Å²) in [6.45, 7) is -1.09. The van der Waals surface area contributed by atoms with Crippen LogP contribution >= 0.6 is 0 Å². The number of methoxy groups -OCH3 is 3. The van der Waals surface area contributed by atoms with Crippen LogP contribution < -0.4 is 9.47 Å². The van der Waals surface area contributed by atoms with E-state index >= 15 is 0 Å². The molecule has 0 radical (unpaired) electrons. The highest BCUT2D eigenvalue weighted by atomic mass is 19.4. The lowest BCUT2D eigenvalue weighted by atomic mass is 10.0. The van der Waals surface area contributed by atoms with Gasteiger partial charge in [-0.3, -0.25) is 9.59 Å². The zero-order valence-corrected chi connectivity index (χ0v) is 17.6. The molecule has 1 amide bonds. The number of esters is 1. The van der Waals surface area contributed by atoms with E-state index in [4.69, 9.17) is 9.47 Å². The molecule has 0 heterocycles. The smallest absolute Gasteiger partial charge is 0.416 e. The van der Waals surface area contributed by atoms with E-state index in [1.54, 1.807) is 0 Å². The second-order valence-electron chi connectivity index (χ2n) is 6.75. The van der Waals surface area contributed by atoms with Crippen LogP contribution in [0.25, 0.3) is 0 Å². The minimum atomic E-state index is -5.14. The molecule has 0 bridgehead atoms. The lowest BCUT2D eigenvalue weighted by Crippen LogP contribution is -2.36. The molecule has 0 spiro atoms. The molecule has 0 fully saturated rings. The number of ether oxygens (including phenoxy) is 3. The normalized spacial score (nSPS) is 11.7. The summed E-state index contributed by atoms with van der Waals surface area (Å²) in [4.78, 5) is 25.6. The average Bonchev–Trinajstić information content (AvgIpc) is 2.76. The first-order valence-electron chi connectivity index (χ1n) is 9.16. The number of carbonyl (C=O) groups is 2. The number of rotatable bonds is 7. The van der Waals surface area contributed by atoms with Crippen molar-refractivity contribution in [1.82, 2.24) is 4.90 Å². The van der Waals surface area contributed by atoms with Crippen LogP contribution in [0.15, 0.2) is 36.4 Å². The highest BCUT2D eigenvalue weighted by Crippen LogP contribution is 2.36. The van der Waals surface area contributed by atoms with E-state index in [1.165, 1.54) is 32.4 Å². The van der Waals surface area contributed by atoms with Crippen LogP contribution in [0.2, 0.25) is 0 Å². The van der Waals surface area contributed by atoms with Gasteiger partial charge in [0, 0.05) is 18.2 Å². The fraction of sp³-hybridized carbons (Fsp3) is 0.333. The predicted octanol–water partition coefficient (Wildman–Crippen LogP) is 4.56. The molecule has 0 atom stereocenters. The Bertz CT molecular complexity index is 965. The van der Waals surface area contributed by atoms with Crippen molar-refractivity contribution in [2.24, 2.45) is 0 Å². The first kappa shape index (κ1) is 25.8. The molecule has 0 aliphatic rings. The summed E-state index contributed by atoms with van der Waals surface area (Å²) in [5, 5.41) is 0. The summed E-state index contributed by atoms with van der Waals surface area (Å²) in [6, 6.07) is 4.95. The Labute approximate surface area is 184 Å². The Morgan fingerprint density at radius 2 is 1.27 bits per heavy atom. The first-order valence-corrected chi connectivity index (χ1v) is 9.16. The maximum absolute atomic E-state index is 13.2. The van der Waals surface area contributed by atoms with Gasteiger partial charge < -0.3 is 19.1 Å². The zero-order chi connectivity index (χ0) is 25.0. The van der Waals surface area contributed by atoms with Gasteiger partial charge in [0.05, 0.1) is 32.5 Å². The van der Waals surface area contributed by atoms with Crippen LogP contribution in [-0.2, 0) is 28.4 Å². The van der Waals surface area contributed by atoms with Crippen molar-refractivity contribution in [1.29, 1.82) is 0 Å². The summed E-state index contributed by atoms with van der Waals surface area (Å²) in [7, 11) is 3.74. The monoisotopic (exact) mass is 479 g/mol. The molecular weight excluding hydrogens is 460 g/mol. The lowest BCUT2D eigenvalue weighted by Gasteiger charge is -2.23. The predicted molar refractivity (Wildman–Crippen MR) is 103 cm³/mol. The van der Waals surface area contributed by atoms with Crippen LogP contribution in [0.3, 0.4) is 0 Å². The van der Waals surface area contributed by atoms with E-state index in [0.29, 0.717) is 29.2 Å². The van der Waals surface area contributed by atoms with Gasteiger partial charge in [-0.15, -0.1) is 0 Å². The van der Waals surface area contributed by atoms with Gasteiger partial charge in [0.1, 0.15) is 18.0 Å². The minimum Gasteiger partial charge on any atom is -0.497 e. The summed E-state index contributed by atoms with van der Waals surface area (Å²) >= 11 is 0. The summed E-state index contributed by atoms with van der Waals surface area (Å²) in [5.41, 5.74) is -3.86.